The van der Waals surface area contributed by atoms with Gasteiger partial charge in [0.15, 0.2) is 0 Å². The average molecular weight is 271 g/mol. The van der Waals surface area contributed by atoms with Crippen LogP contribution in [0.25, 0.3) is 0 Å². The van der Waals surface area contributed by atoms with Crippen LogP contribution < -0.4 is 5.32 Å². The van der Waals surface area contributed by atoms with E-state index in [-0.39, 0.29) is 12.0 Å². The van der Waals surface area contributed by atoms with Gasteiger partial charge in [0.1, 0.15) is 6.04 Å². The van der Waals surface area contributed by atoms with E-state index in [0.717, 1.165) is 32.6 Å². The van der Waals surface area contributed by atoms with E-state index in [1.165, 1.54) is 7.11 Å². The Morgan fingerprint density at radius 3 is 2.63 bits per heavy atom. The third-order valence-corrected chi connectivity index (χ3v) is 3.88. The largest absolute Gasteiger partial charge is 0.468 e. The average Bonchev–Trinajstić information content (AvgIpc) is 2.74. The number of hydrogen-bond acceptors (Lipinski definition) is 5. The van der Waals surface area contributed by atoms with E-state index in [4.69, 9.17) is 4.74 Å². The van der Waals surface area contributed by atoms with Crippen LogP contribution in [0.4, 0.5) is 0 Å². The molecule has 1 heterocycles. The number of ether oxygens (including phenoxy) is 1. The first-order chi connectivity index (χ1) is 8.99. The van der Waals surface area contributed by atoms with Gasteiger partial charge in [-0.15, -0.1) is 0 Å². The normalized spacial score (nSPS) is 25.8. The van der Waals surface area contributed by atoms with E-state index in [1.54, 1.807) is 0 Å². The molecule has 0 aliphatic carbocycles. The molecule has 1 rings (SSSR count). The smallest absolute Gasteiger partial charge is 0.324 e. The molecule has 0 amide bonds. The molecule has 0 aromatic carbocycles. The molecule has 1 N–H and O–H groups in total. The third-order valence-electron chi connectivity index (χ3n) is 3.88. The van der Waals surface area contributed by atoms with Gasteiger partial charge in [0.05, 0.1) is 7.11 Å². The number of rotatable bonds is 7. The van der Waals surface area contributed by atoms with E-state index in [1.807, 2.05) is 0 Å². The van der Waals surface area contributed by atoms with Crippen molar-refractivity contribution < 1.29 is 9.53 Å². The third kappa shape index (κ3) is 4.75. The van der Waals surface area contributed by atoms with E-state index >= 15 is 0 Å². The summed E-state index contributed by atoms with van der Waals surface area (Å²) in [6.45, 7) is 8.03. The second kappa shape index (κ2) is 7.82. The van der Waals surface area contributed by atoms with Gasteiger partial charge in [0, 0.05) is 25.7 Å². The van der Waals surface area contributed by atoms with Crippen LogP contribution in [0.5, 0.6) is 0 Å². The Labute approximate surface area is 117 Å². The monoisotopic (exact) mass is 271 g/mol. The zero-order valence-electron chi connectivity index (χ0n) is 13.0. The van der Waals surface area contributed by atoms with Gasteiger partial charge in [-0.05, 0) is 33.0 Å². The highest BCUT2D eigenvalue weighted by Crippen LogP contribution is 2.20. The zero-order chi connectivity index (χ0) is 14.4. The predicted molar refractivity (Wildman–Crippen MR) is 77.2 cm³/mol. The van der Waals surface area contributed by atoms with Crippen molar-refractivity contribution in [1.82, 2.24) is 15.1 Å². The topological polar surface area (TPSA) is 44.8 Å². The highest BCUT2D eigenvalue weighted by Gasteiger charge is 2.33. The second-order valence-corrected chi connectivity index (χ2v) is 5.76. The van der Waals surface area contributed by atoms with Crippen LogP contribution in [0.15, 0.2) is 0 Å². The van der Waals surface area contributed by atoms with Gasteiger partial charge in [-0.25, -0.2) is 0 Å². The van der Waals surface area contributed by atoms with E-state index in [0.29, 0.717) is 12.0 Å². The summed E-state index contributed by atoms with van der Waals surface area (Å²) < 4.78 is 4.88. The number of nitrogens with zero attached hydrogens (tertiary/aromatic N) is 2. The first-order valence-corrected chi connectivity index (χ1v) is 7.19. The highest BCUT2D eigenvalue weighted by atomic mass is 16.5. The molecule has 1 saturated heterocycles. The fourth-order valence-electron chi connectivity index (χ4n) is 2.81. The molecule has 0 aromatic rings. The number of nitrogens with one attached hydrogen (secondary N) is 1. The van der Waals surface area contributed by atoms with E-state index < -0.39 is 0 Å². The van der Waals surface area contributed by atoms with Crippen LogP contribution in [-0.2, 0) is 9.53 Å². The maximum Gasteiger partial charge on any atom is 0.324 e. The summed E-state index contributed by atoms with van der Waals surface area (Å²) in [5.74, 6) is 0.480. The standard InChI is InChI=1S/C14H29N3O2/c1-6-7-15-12(14(18)19-5)9-17-8-11(2)13(10-17)16(3)4/h11-13,15H,6-10H2,1-5H3. The van der Waals surface area contributed by atoms with Crippen molar-refractivity contribution in [1.29, 1.82) is 0 Å². The second-order valence-electron chi connectivity index (χ2n) is 5.76. The lowest BCUT2D eigenvalue weighted by Gasteiger charge is -2.24. The predicted octanol–water partition coefficient (Wildman–Crippen LogP) is 0.410. The number of esters is 1. The molecule has 5 heteroatoms. The SMILES string of the molecule is CCCNC(CN1CC(C)C(N(C)C)C1)C(=O)OC. The van der Waals surface area contributed by atoms with Crippen LogP contribution >= 0.6 is 0 Å². The summed E-state index contributed by atoms with van der Waals surface area (Å²) in [6.07, 6.45) is 1.02. The molecule has 3 atom stereocenters. The fraction of sp³-hybridized carbons (Fsp3) is 0.929. The minimum atomic E-state index is -0.210. The van der Waals surface area contributed by atoms with Gasteiger partial charge in [-0.1, -0.05) is 13.8 Å². The van der Waals surface area contributed by atoms with Crippen molar-refractivity contribution in [2.45, 2.75) is 32.4 Å². The minimum absolute atomic E-state index is 0.158. The quantitative estimate of drug-likeness (QED) is 0.680. The molecule has 1 aliphatic heterocycles. The number of hydrogen-bond donors (Lipinski definition) is 1. The summed E-state index contributed by atoms with van der Waals surface area (Å²) in [6, 6.07) is 0.363. The number of methoxy groups -OCH3 is 1. The molecule has 0 saturated carbocycles. The summed E-state index contributed by atoms with van der Waals surface area (Å²) in [5.41, 5.74) is 0. The zero-order valence-corrected chi connectivity index (χ0v) is 13.0. The Bertz CT molecular complexity index is 284. The molecule has 0 aromatic heterocycles. The van der Waals surface area contributed by atoms with Crippen molar-refractivity contribution in [3.05, 3.63) is 0 Å². The molecule has 19 heavy (non-hydrogen) atoms. The van der Waals surface area contributed by atoms with Gasteiger partial charge >= 0.3 is 5.97 Å². The number of carbonyl (C=O) groups is 1. The number of likely N-dealkylation sites (tertiary alicyclic amines) is 1. The van der Waals surface area contributed by atoms with Crippen LogP contribution in [0, 0.1) is 5.92 Å². The van der Waals surface area contributed by atoms with Crippen molar-refractivity contribution in [2.75, 3.05) is 47.4 Å². The lowest BCUT2D eigenvalue weighted by atomic mass is 10.1. The lowest BCUT2D eigenvalue weighted by molar-refractivity contribution is -0.143. The molecule has 0 radical (unpaired) electrons. The van der Waals surface area contributed by atoms with Crippen LogP contribution in [0.2, 0.25) is 0 Å². The lowest BCUT2D eigenvalue weighted by Crippen LogP contribution is -2.47. The Hall–Kier alpha value is -0.650. The van der Waals surface area contributed by atoms with E-state index in [2.05, 4.69) is 43.1 Å². The van der Waals surface area contributed by atoms with Gasteiger partial charge in [0.25, 0.3) is 0 Å². The highest BCUT2D eigenvalue weighted by molar-refractivity contribution is 5.75. The molecule has 3 unspecified atom stereocenters. The molecular formula is C14H29N3O2. The molecular weight excluding hydrogens is 242 g/mol. The van der Waals surface area contributed by atoms with Crippen LogP contribution in [0.3, 0.4) is 0 Å². The van der Waals surface area contributed by atoms with Gasteiger partial charge < -0.3 is 15.0 Å². The fourth-order valence-corrected chi connectivity index (χ4v) is 2.81. The summed E-state index contributed by atoms with van der Waals surface area (Å²) in [4.78, 5) is 16.4. The molecule has 5 nitrogen and oxygen atoms in total. The summed E-state index contributed by atoms with van der Waals surface area (Å²) >= 11 is 0. The van der Waals surface area contributed by atoms with E-state index in [9.17, 15) is 4.79 Å². The van der Waals surface area contributed by atoms with Gasteiger partial charge in [-0.2, -0.15) is 0 Å². The Kier molecular flexibility index (Phi) is 6.75. The molecule has 1 aliphatic rings. The van der Waals surface area contributed by atoms with Crippen molar-refractivity contribution in [3.63, 3.8) is 0 Å². The maximum atomic E-state index is 11.8. The molecule has 1 fully saturated rings. The van der Waals surface area contributed by atoms with Crippen molar-refractivity contribution in [3.8, 4) is 0 Å². The Balaban J connectivity index is 2.53. The molecule has 0 spiro atoms. The maximum absolute atomic E-state index is 11.8. The number of likely N-dealkylation sites (N-methyl/N-ethyl adjacent to an activating group) is 1. The number of carbonyl (C=O) groups excluding carboxylic acids is 1. The summed E-state index contributed by atoms with van der Waals surface area (Å²) in [5, 5.41) is 3.28. The van der Waals surface area contributed by atoms with Crippen LogP contribution in [-0.4, -0.2) is 75.2 Å². The van der Waals surface area contributed by atoms with Crippen LogP contribution in [0.1, 0.15) is 20.3 Å². The van der Waals surface area contributed by atoms with Gasteiger partial charge in [0.2, 0.25) is 0 Å². The van der Waals surface area contributed by atoms with Crippen molar-refractivity contribution in [2.24, 2.45) is 5.92 Å². The Morgan fingerprint density at radius 1 is 1.47 bits per heavy atom. The van der Waals surface area contributed by atoms with Crippen molar-refractivity contribution >= 4 is 5.97 Å². The molecule has 0 bridgehead atoms. The first-order valence-electron chi connectivity index (χ1n) is 7.19. The minimum Gasteiger partial charge on any atom is -0.468 e. The molecule has 112 valence electrons. The Morgan fingerprint density at radius 2 is 2.16 bits per heavy atom. The first kappa shape index (κ1) is 16.4. The van der Waals surface area contributed by atoms with Gasteiger partial charge in [-0.3, -0.25) is 9.69 Å². The summed E-state index contributed by atoms with van der Waals surface area (Å²) in [7, 11) is 5.70.